The first kappa shape index (κ1) is 12.4. The molecule has 100 valence electrons. The number of rotatable bonds is 1. The largest absolute Gasteiger partial charge is 0.381 e. The van der Waals surface area contributed by atoms with Gasteiger partial charge in [-0.3, -0.25) is 14.9 Å². The summed E-state index contributed by atoms with van der Waals surface area (Å²) >= 11 is 0. The molecule has 3 rings (SSSR count). The zero-order chi connectivity index (χ0) is 13.3. The third kappa shape index (κ3) is 2.16. The van der Waals surface area contributed by atoms with Gasteiger partial charge in [-0.2, -0.15) is 0 Å². The van der Waals surface area contributed by atoms with Crippen molar-refractivity contribution in [3.63, 3.8) is 0 Å². The molecular formula is C15H17NO3. The first-order valence-corrected chi connectivity index (χ1v) is 6.68. The summed E-state index contributed by atoms with van der Waals surface area (Å²) in [5, 5.41) is 2.47. The van der Waals surface area contributed by atoms with E-state index in [-0.39, 0.29) is 23.1 Å². The Morgan fingerprint density at radius 2 is 2.00 bits per heavy atom. The van der Waals surface area contributed by atoms with Gasteiger partial charge in [0.05, 0.1) is 12.5 Å². The highest BCUT2D eigenvalue weighted by molar-refractivity contribution is 6.02. The van der Waals surface area contributed by atoms with Crippen LogP contribution in [0.25, 0.3) is 0 Å². The number of piperidine rings is 1. The van der Waals surface area contributed by atoms with E-state index in [4.69, 9.17) is 4.74 Å². The minimum absolute atomic E-state index is 0.178. The van der Waals surface area contributed by atoms with Crippen LogP contribution < -0.4 is 5.32 Å². The number of ether oxygens (including phenoxy) is 1. The Labute approximate surface area is 112 Å². The summed E-state index contributed by atoms with van der Waals surface area (Å²) in [5.41, 5.74) is 0.608. The van der Waals surface area contributed by atoms with Gasteiger partial charge in [-0.15, -0.1) is 0 Å². The Hall–Kier alpha value is -1.68. The topological polar surface area (TPSA) is 55.4 Å². The lowest BCUT2D eigenvalue weighted by Crippen LogP contribution is -2.53. The molecule has 2 amide bonds. The minimum atomic E-state index is -0.362. The number of hydrogen-bond donors (Lipinski definition) is 1. The molecule has 1 spiro atoms. The van der Waals surface area contributed by atoms with Crippen LogP contribution in [0.1, 0.15) is 30.7 Å². The molecule has 4 nitrogen and oxygen atoms in total. The smallest absolute Gasteiger partial charge is 0.234 e. The van der Waals surface area contributed by atoms with Crippen LogP contribution >= 0.6 is 0 Å². The van der Waals surface area contributed by atoms with Crippen molar-refractivity contribution < 1.29 is 14.3 Å². The Bertz CT molecular complexity index is 491. The maximum absolute atomic E-state index is 12.3. The fraction of sp³-hybridized carbons (Fsp3) is 0.467. The van der Waals surface area contributed by atoms with Crippen molar-refractivity contribution in [3.05, 3.63) is 35.9 Å². The number of nitrogens with one attached hydrogen (secondary N) is 1. The summed E-state index contributed by atoms with van der Waals surface area (Å²) < 4.78 is 5.58. The van der Waals surface area contributed by atoms with E-state index in [0.717, 1.165) is 25.0 Å². The van der Waals surface area contributed by atoms with Crippen LogP contribution in [0.4, 0.5) is 0 Å². The molecule has 0 aliphatic carbocycles. The molecule has 0 bridgehead atoms. The molecule has 2 saturated heterocycles. The Morgan fingerprint density at radius 3 is 2.68 bits per heavy atom. The Balaban J connectivity index is 2.01. The molecule has 2 aliphatic heterocycles. The normalized spacial score (nSPS) is 31.3. The van der Waals surface area contributed by atoms with E-state index in [2.05, 4.69) is 5.32 Å². The quantitative estimate of drug-likeness (QED) is 0.780. The lowest BCUT2D eigenvalue weighted by Gasteiger charge is -2.44. The van der Waals surface area contributed by atoms with Crippen molar-refractivity contribution >= 4 is 11.8 Å². The van der Waals surface area contributed by atoms with Gasteiger partial charge >= 0.3 is 0 Å². The predicted octanol–water partition coefficient (Wildman–Crippen LogP) is 1.61. The summed E-state index contributed by atoms with van der Waals surface area (Å²) in [6.45, 7) is 1.21. The van der Waals surface area contributed by atoms with Gasteiger partial charge < -0.3 is 4.74 Å². The summed E-state index contributed by atoms with van der Waals surface area (Å²) in [4.78, 5) is 24.0. The molecule has 4 heteroatoms. The monoisotopic (exact) mass is 259 g/mol. The first-order valence-electron chi connectivity index (χ1n) is 6.68. The second-order valence-corrected chi connectivity index (χ2v) is 5.45. The lowest BCUT2D eigenvalue weighted by molar-refractivity contribution is -0.146. The maximum Gasteiger partial charge on any atom is 0.234 e. The molecule has 2 fully saturated rings. The molecule has 2 heterocycles. The molecular weight excluding hydrogens is 242 g/mol. The second kappa shape index (κ2) is 4.78. The number of imide groups is 1. The SMILES string of the molecule is O=C1CC2(CCCOC2)C(c2ccccc2)C(=O)N1. The molecule has 1 aromatic carbocycles. The maximum atomic E-state index is 12.3. The zero-order valence-corrected chi connectivity index (χ0v) is 10.7. The molecule has 0 aromatic heterocycles. The van der Waals surface area contributed by atoms with Gasteiger partial charge in [0.25, 0.3) is 0 Å². The molecule has 2 unspecified atom stereocenters. The predicted molar refractivity (Wildman–Crippen MR) is 69.4 cm³/mol. The number of benzene rings is 1. The average molecular weight is 259 g/mol. The van der Waals surface area contributed by atoms with E-state index in [1.54, 1.807) is 0 Å². The number of amides is 2. The lowest BCUT2D eigenvalue weighted by atomic mass is 9.64. The van der Waals surface area contributed by atoms with Crippen molar-refractivity contribution in [2.45, 2.75) is 25.2 Å². The fourth-order valence-electron chi connectivity index (χ4n) is 3.35. The van der Waals surface area contributed by atoms with Crippen molar-refractivity contribution in [3.8, 4) is 0 Å². The number of carbonyl (C=O) groups excluding carboxylic acids is 2. The Morgan fingerprint density at radius 1 is 1.21 bits per heavy atom. The van der Waals surface area contributed by atoms with Gasteiger partial charge in [0.1, 0.15) is 0 Å². The molecule has 19 heavy (non-hydrogen) atoms. The van der Waals surface area contributed by atoms with Crippen LogP contribution in [0, 0.1) is 5.41 Å². The van der Waals surface area contributed by atoms with E-state index in [9.17, 15) is 9.59 Å². The van der Waals surface area contributed by atoms with E-state index in [0.29, 0.717) is 13.0 Å². The summed E-state index contributed by atoms with van der Waals surface area (Å²) in [6, 6.07) is 9.69. The highest BCUT2D eigenvalue weighted by Crippen LogP contribution is 2.47. The Kier molecular flexibility index (Phi) is 3.11. The van der Waals surface area contributed by atoms with E-state index in [1.165, 1.54) is 0 Å². The summed E-state index contributed by atoms with van der Waals surface area (Å²) in [5.74, 6) is -0.651. The molecule has 1 aromatic rings. The molecule has 0 saturated carbocycles. The third-order valence-corrected chi connectivity index (χ3v) is 4.14. The molecule has 2 aliphatic rings. The van der Waals surface area contributed by atoms with Gasteiger partial charge in [0, 0.05) is 18.4 Å². The number of hydrogen-bond acceptors (Lipinski definition) is 3. The standard InChI is InChI=1S/C15H17NO3/c17-12-9-15(7-4-8-19-10-15)13(14(18)16-12)11-5-2-1-3-6-11/h1-3,5-6,13H,4,7-10H2,(H,16,17,18). The van der Waals surface area contributed by atoms with Crippen LogP contribution in [-0.2, 0) is 14.3 Å². The van der Waals surface area contributed by atoms with Crippen LogP contribution in [0.2, 0.25) is 0 Å². The van der Waals surface area contributed by atoms with E-state index < -0.39 is 0 Å². The van der Waals surface area contributed by atoms with Gasteiger partial charge in [-0.05, 0) is 18.4 Å². The molecule has 1 N–H and O–H groups in total. The van der Waals surface area contributed by atoms with Crippen LogP contribution in [0.15, 0.2) is 30.3 Å². The van der Waals surface area contributed by atoms with E-state index >= 15 is 0 Å². The third-order valence-electron chi connectivity index (χ3n) is 4.14. The highest BCUT2D eigenvalue weighted by Gasteiger charge is 2.50. The van der Waals surface area contributed by atoms with Crippen molar-refractivity contribution in [2.24, 2.45) is 5.41 Å². The van der Waals surface area contributed by atoms with Gasteiger partial charge in [-0.1, -0.05) is 30.3 Å². The van der Waals surface area contributed by atoms with Crippen molar-refractivity contribution in [2.75, 3.05) is 13.2 Å². The second-order valence-electron chi connectivity index (χ2n) is 5.45. The van der Waals surface area contributed by atoms with Crippen LogP contribution in [0.3, 0.4) is 0 Å². The first-order chi connectivity index (χ1) is 9.21. The summed E-state index contributed by atoms with van der Waals surface area (Å²) in [7, 11) is 0. The van der Waals surface area contributed by atoms with Crippen LogP contribution in [-0.4, -0.2) is 25.0 Å². The van der Waals surface area contributed by atoms with E-state index in [1.807, 2.05) is 30.3 Å². The molecule has 2 atom stereocenters. The van der Waals surface area contributed by atoms with Crippen molar-refractivity contribution in [1.82, 2.24) is 5.32 Å². The fourth-order valence-corrected chi connectivity index (χ4v) is 3.35. The zero-order valence-electron chi connectivity index (χ0n) is 10.7. The van der Waals surface area contributed by atoms with Gasteiger partial charge in [0.2, 0.25) is 11.8 Å². The van der Waals surface area contributed by atoms with Gasteiger partial charge in [0.15, 0.2) is 0 Å². The minimum Gasteiger partial charge on any atom is -0.381 e. The molecule has 0 radical (unpaired) electrons. The highest BCUT2D eigenvalue weighted by atomic mass is 16.5. The van der Waals surface area contributed by atoms with Gasteiger partial charge in [-0.25, -0.2) is 0 Å². The van der Waals surface area contributed by atoms with Crippen LogP contribution in [0.5, 0.6) is 0 Å². The summed E-state index contributed by atoms with van der Waals surface area (Å²) in [6.07, 6.45) is 2.15. The van der Waals surface area contributed by atoms with Crippen molar-refractivity contribution in [1.29, 1.82) is 0 Å². The number of carbonyl (C=O) groups is 2. The average Bonchev–Trinajstić information content (AvgIpc) is 2.39.